The van der Waals surface area contributed by atoms with Crippen molar-refractivity contribution in [3.8, 4) is 17.1 Å². The molecule has 0 saturated heterocycles. The first-order valence-electron chi connectivity index (χ1n) is 14.1. The molecule has 2 amide bonds. The highest BCUT2D eigenvalue weighted by Crippen LogP contribution is 2.35. The van der Waals surface area contributed by atoms with Gasteiger partial charge in [-0.3, -0.25) is 9.59 Å². The summed E-state index contributed by atoms with van der Waals surface area (Å²) in [5.41, 5.74) is 10.3. The van der Waals surface area contributed by atoms with Crippen molar-refractivity contribution < 1.29 is 23.1 Å². The number of nitrogens with one attached hydrogen (secondary N) is 1. The number of benzene rings is 4. The van der Waals surface area contributed by atoms with Gasteiger partial charge in [-0.25, -0.2) is 4.39 Å². The molecule has 0 saturated carbocycles. The number of hydrogen-bond acceptors (Lipinski definition) is 4. The van der Waals surface area contributed by atoms with Crippen LogP contribution >= 0.6 is 11.6 Å². The summed E-state index contributed by atoms with van der Waals surface area (Å²) in [6.07, 6.45) is 1.11. The van der Waals surface area contributed by atoms with Crippen molar-refractivity contribution in [1.29, 1.82) is 0 Å². The molecule has 0 spiro atoms. The van der Waals surface area contributed by atoms with Crippen LogP contribution in [0, 0.1) is 11.7 Å². The van der Waals surface area contributed by atoms with E-state index in [1.165, 1.54) is 12.1 Å². The number of furan rings is 1. The Balaban J connectivity index is 1.46. The van der Waals surface area contributed by atoms with Gasteiger partial charge >= 0.3 is 0 Å². The predicted molar refractivity (Wildman–Crippen MR) is 167 cm³/mol. The Morgan fingerprint density at radius 2 is 1.67 bits per heavy atom. The molecular formula is C35H32ClFN2O4. The molecule has 0 atom stereocenters. The second kappa shape index (κ2) is 13.1. The molecule has 1 aromatic heterocycles. The number of amides is 2. The molecule has 8 heteroatoms. The SMILES string of the molecule is CC(C)CNC(=O)c1ccc(OCCc2ccc(Cl)cc2)c(Cc2ccc3oc(-c4ccc(F)cc4)c(C(N)=O)c3c2)c1. The van der Waals surface area contributed by atoms with E-state index in [0.29, 0.717) is 64.8 Å². The fraction of sp³-hybridized carbons (Fsp3) is 0.200. The normalized spacial score (nSPS) is 11.2. The summed E-state index contributed by atoms with van der Waals surface area (Å²) in [5, 5.41) is 4.20. The summed E-state index contributed by atoms with van der Waals surface area (Å²) >= 11 is 6.01. The van der Waals surface area contributed by atoms with Crippen LogP contribution in [0.3, 0.4) is 0 Å². The zero-order valence-electron chi connectivity index (χ0n) is 24.0. The molecule has 5 aromatic rings. The van der Waals surface area contributed by atoms with Gasteiger partial charge in [0.2, 0.25) is 0 Å². The number of ether oxygens (including phenoxy) is 1. The van der Waals surface area contributed by atoms with Gasteiger partial charge in [-0.05, 0) is 89.3 Å². The molecule has 0 aliphatic carbocycles. The lowest BCUT2D eigenvalue weighted by Crippen LogP contribution is -2.27. The third kappa shape index (κ3) is 7.24. The van der Waals surface area contributed by atoms with Crippen molar-refractivity contribution in [2.45, 2.75) is 26.7 Å². The minimum Gasteiger partial charge on any atom is -0.493 e. The average molecular weight is 599 g/mol. The van der Waals surface area contributed by atoms with E-state index in [2.05, 4.69) is 5.32 Å². The number of fused-ring (bicyclic) bond motifs is 1. The molecule has 0 fully saturated rings. The summed E-state index contributed by atoms with van der Waals surface area (Å²) in [5.74, 6) is 0.0607. The Morgan fingerprint density at radius 3 is 2.37 bits per heavy atom. The maximum atomic E-state index is 13.5. The van der Waals surface area contributed by atoms with Crippen molar-refractivity contribution in [3.63, 3.8) is 0 Å². The number of nitrogens with two attached hydrogens (primary N) is 1. The van der Waals surface area contributed by atoms with Crippen LogP contribution in [0.25, 0.3) is 22.3 Å². The van der Waals surface area contributed by atoms with E-state index in [1.54, 1.807) is 24.3 Å². The molecule has 220 valence electrons. The first-order chi connectivity index (χ1) is 20.7. The molecule has 1 heterocycles. The highest BCUT2D eigenvalue weighted by atomic mass is 35.5. The van der Waals surface area contributed by atoms with Crippen molar-refractivity contribution in [1.82, 2.24) is 5.32 Å². The predicted octanol–water partition coefficient (Wildman–Crippen LogP) is 7.59. The van der Waals surface area contributed by atoms with Crippen molar-refractivity contribution in [2.75, 3.05) is 13.2 Å². The first-order valence-corrected chi connectivity index (χ1v) is 14.4. The van der Waals surface area contributed by atoms with Gasteiger partial charge in [0, 0.05) is 40.9 Å². The highest BCUT2D eigenvalue weighted by molar-refractivity contribution is 6.30. The molecule has 43 heavy (non-hydrogen) atoms. The van der Waals surface area contributed by atoms with E-state index in [0.717, 1.165) is 16.7 Å². The number of primary amides is 1. The third-order valence-electron chi connectivity index (χ3n) is 7.05. The molecule has 0 unspecified atom stereocenters. The van der Waals surface area contributed by atoms with Gasteiger partial charge in [0.15, 0.2) is 0 Å². The Labute approximate surface area is 254 Å². The van der Waals surface area contributed by atoms with Crippen molar-refractivity contribution in [3.05, 3.63) is 124 Å². The molecule has 0 bridgehead atoms. The molecule has 0 aliphatic rings. The van der Waals surface area contributed by atoms with Crippen LogP contribution in [0.1, 0.15) is 51.3 Å². The lowest BCUT2D eigenvalue weighted by molar-refractivity contribution is 0.0947. The fourth-order valence-electron chi connectivity index (χ4n) is 4.85. The Hall–Kier alpha value is -4.62. The zero-order valence-corrected chi connectivity index (χ0v) is 24.7. The van der Waals surface area contributed by atoms with Gasteiger partial charge in [-0.2, -0.15) is 0 Å². The maximum Gasteiger partial charge on any atom is 0.253 e. The second-order valence-corrected chi connectivity index (χ2v) is 11.3. The van der Waals surface area contributed by atoms with Gasteiger partial charge in [0.05, 0.1) is 12.2 Å². The summed E-state index contributed by atoms with van der Waals surface area (Å²) in [4.78, 5) is 25.5. The second-order valence-electron chi connectivity index (χ2n) is 10.8. The monoisotopic (exact) mass is 598 g/mol. The first kappa shape index (κ1) is 29.9. The van der Waals surface area contributed by atoms with Gasteiger partial charge < -0.3 is 20.2 Å². The van der Waals surface area contributed by atoms with Crippen LogP contribution in [0.2, 0.25) is 5.02 Å². The Bertz CT molecular complexity index is 1760. The standard InChI is InChI=1S/C35H32ClFN2O4/c1-21(2)20-39-35(41)25-8-14-30(42-16-15-22-3-9-27(36)10-4-22)26(19-25)17-23-5-13-31-29(18-23)32(34(38)40)33(43-31)24-6-11-28(37)12-7-24/h3-14,18-19,21H,15-17,20H2,1-2H3,(H2,38,40)(H,39,41). The fourth-order valence-corrected chi connectivity index (χ4v) is 4.98. The lowest BCUT2D eigenvalue weighted by atomic mass is 9.98. The summed E-state index contributed by atoms with van der Waals surface area (Å²) in [6, 6.07) is 24.3. The van der Waals surface area contributed by atoms with E-state index < -0.39 is 11.7 Å². The van der Waals surface area contributed by atoms with Crippen LogP contribution in [0.4, 0.5) is 4.39 Å². The van der Waals surface area contributed by atoms with Gasteiger partial charge in [-0.1, -0.05) is 43.6 Å². The summed E-state index contributed by atoms with van der Waals surface area (Å²) < 4.78 is 25.7. The van der Waals surface area contributed by atoms with E-state index in [-0.39, 0.29) is 17.2 Å². The Morgan fingerprint density at radius 1 is 0.953 bits per heavy atom. The van der Waals surface area contributed by atoms with E-state index >= 15 is 0 Å². The number of hydrogen-bond donors (Lipinski definition) is 2. The topological polar surface area (TPSA) is 94.6 Å². The van der Waals surface area contributed by atoms with E-state index in [1.807, 2.05) is 62.4 Å². The van der Waals surface area contributed by atoms with Crippen LogP contribution in [-0.4, -0.2) is 25.0 Å². The van der Waals surface area contributed by atoms with Crippen molar-refractivity contribution in [2.24, 2.45) is 11.7 Å². The van der Waals surface area contributed by atoms with Crippen LogP contribution in [0.15, 0.2) is 89.3 Å². The molecule has 0 radical (unpaired) electrons. The highest BCUT2D eigenvalue weighted by Gasteiger charge is 2.21. The number of carbonyl (C=O) groups is 2. The largest absolute Gasteiger partial charge is 0.493 e. The summed E-state index contributed by atoms with van der Waals surface area (Å²) in [7, 11) is 0. The van der Waals surface area contributed by atoms with Crippen molar-refractivity contribution >= 4 is 34.4 Å². The quantitative estimate of drug-likeness (QED) is 0.164. The minimum absolute atomic E-state index is 0.159. The number of halogens is 2. The molecule has 4 aromatic carbocycles. The van der Waals surface area contributed by atoms with Gasteiger partial charge in [0.25, 0.3) is 11.8 Å². The number of carbonyl (C=O) groups excluding carboxylic acids is 2. The van der Waals surface area contributed by atoms with Gasteiger partial charge in [0.1, 0.15) is 22.9 Å². The zero-order chi connectivity index (χ0) is 30.5. The van der Waals surface area contributed by atoms with Crippen LogP contribution < -0.4 is 15.8 Å². The maximum absolute atomic E-state index is 13.5. The third-order valence-corrected chi connectivity index (χ3v) is 7.31. The van der Waals surface area contributed by atoms with E-state index in [9.17, 15) is 14.0 Å². The van der Waals surface area contributed by atoms with Crippen LogP contribution in [-0.2, 0) is 12.8 Å². The molecule has 6 nitrogen and oxygen atoms in total. The molecular weight excluding hydrogens is 567 g/mol. The molecule has 0 aliphatic heterocycles. The summed E-state index contributed by atoms with van der Waals surface area (Å²) in [6.45, 7) is 5.08. The van der Waals surface area contributed by atoms with Gasteiger partial charge in [-0.15, -0.1) is 0 Å². The number of rotatable bonds is 11. The van der Waals surface area contributed by atoms with Crippen LogP contribution in [0.5, 0.6) is 5.75 Å². The lowest BCUT2D eigenvalue weighted by Gasteiger charge is -2.14. The average Bonchev–Trinajstić information content (AvgIpc) is 3.37. The molecule has 3 N–H and O–H groups in total. The Kier molecular flexibility index (Phi) is 9.12. The van der Waals surface area contributed by atoms with E-state index in [4.69, 9.17) is 26.5 Å². The smallest absolute Gasteiger partial charge is 0.253 e. The minimum atomic E-state index is -0.648. The molecule has 5 rings (SSSR count).